The third kappa shape index (κ3) is 8.47. The minimum Gasteiger partial charge on any atom is -0.477 e. The van der Waals surface area contributed by atoms with Crippen molar-refractivity contribution in [3.63, 3.8) is 0 Å². The molecule has 14 heteroatoms. The first-order valence-corrected chi connectivity index (χ1v) is 16.6. The summed E-state index contributed by atoms with van der Waals surface area (Å²) in [6, 6.07) is 19.3. The molecule has 1 N–H and O–H groups in total. The molecule has 0 bridgehead atoms. The largest absolute Gasteiger partial charge is 0.477 e. The predicted octanol–water partition coefficient (Wildman–Crippen LogP) is 7.14. The number of ether oxygens (including phenoxy) is 3. The van der Waals surface area contributed by atoms with Gasteiger partial charge in [-0.15, -0.1) is 0 Å². The SMILES string of the molecule is COCc1cc(C(=O)O)c(=O)n2cc(Cc3cccc(Cl)c3F)ccc12.COCc1cc(C(=O)OC)c(=O)n2cc(Cc3cccc(Cl)c3F)ccc12. The van der Waals surface area contributed by atoms with Gasteiger partial charge in [0, 0.05) is 50.6 Å². The van der Waals surface area contributed by atoms with Crippen LogP contribution in [0.4, 0.5) is 8.78 Å². The summed E-state index contributed by atoms with van der Waals surface area (Å²) in [6.45, 7) is 0.377. The van der Waals surface area contributed by atoms with E-state index in [-0.39, 0.29) is 47.2 Å². The van der Waals surface area contributed by atoms with Gasteiger partial charge in [0.15, 0.2) is 0 Å². The van der Waals surface area contributed by atoms with Crippen LogP contribution in [-0.4, -0.2) is 47.2 Å². The minimum atomic E-state index is -1.31. The molecule has 4 aromatic heterocycles. The lowest BCUT2D eigenvalue weighted by molar-refractivity contribution is 0.0597. The van der Waals surface area contributed by atoms with Gasteiger partial charge in [-0.3, -0.25) is 18.4 Å². The summed E-state index contributed by atoms with van der Waals surface area (Å²) < 4.78 is 45.9. The van der Waals surface area contributed by atoms with Crippen molar-refractivity contribution in [3.8, 4) is 0 Å². The van der Waals surface area contributed by atoms with E-state index >= 15 is 0 Å². The molecule has 0 aliphatic rings. The van der Waals surface area contributed by atoms with Crippen LogP contribution in [0.2, 0.25) is 10.0 Å². The van der Waals surface area contributed by atoms with E-state index in [0.29, 0.717) is 44.4 Å². The number of halogens is 4. The van der Waals surface area contributed by atoms with Gasteiger partial charge in [0.25, 0.3) is 11.1 Å². The summed E-state index contributed by atoms with van der Waals surface area (Å²) in [7, 11) is 4.22. The summed E-state index contributed by atoms with van der Waals surface area (Å²) in [6.07, 6.45) is 3.57. The summed E-state index contributed by atoms with van der Waals surface area (Å²) >= 11 is 11.6. The monoisotopic (exact) mass is 764 g/mol. The topological polar surface area (TPSA) is 125 Å². The molecule has 10 nitrogen and oxygen atoms in total. The lowest BCUT2D eigenvalue weighted by Crippen LogP contribution is -2.24. The van der Waals surface area contributed by atoms with Crippen molar-refractivity contribution in [2.75, 3.05) is 21.3 Å². The fourth-order valence-corrected chi connectivity index (χ4v) is 6.19. The Kier molecular flexibility index (Phi) is 12.4. The lowest BCUT2D eigenvalue weighted by Gasteiger charge is -2.12. The van der Waals surface area contributed by atoms with Crippen molar-refractivity contribution in [1.29, 1.82) is 0 Å². The fraction of sp³-hybridized carbons (Fsp3) is 0.179. The maximum Gasteiger partial charge on any atom is 0.343 e. The van der Waals surface area contributed by atoms with Crippen molar-refractivity contribution >= 4 is 46.2 Å². The van der Waals surface area contributed by atoms with Crippen molar-refractivity contribution in [1.82, 2.24) is 8.80 Å². The van der Waals surface area contributed by atoms with Crippen LogP contribution in [0.1, 0.15) is 54.1 Å². The number of nitrogens with zero attached hydrogens (tertiary/aromatic N) is 2. The van der Waals surface area contributed by atoms with Crippen LogP contribution in [-0.2, 0) is 40.3 Å². The van der Waals surface area contributed by atoms with Gasteiger partial charge in [-0.1, -0.05) is 59.6 Å². The Morgan fingerprint density at radius 3 is 1.51 bits per heavy atom. The standard InChI is InChI=1S/C20H17ClFNO4.C19H15ClFNO4/c1-26-11-14-9-15(20(25)27-2)19(24)23-10-12(6-7-17(14)23)8-13-4-3-5-16(21)18(13)22;1-26-10-13-8-14(19(24)25)18(23)22-9-11(5-6-16(13)22)7-12-3-2-4-15(20)17(12)21/h3-7,9-10H,8,11H2,1-2H3;2-6,8-9H,7,10H2,1H3,(H,24,25). The molecule has 0 saturated heterocycles. The molecule has 0 amide bonds. The molecule has 0 fully saturated rings. The molecule has 0 aliphatic carbocycles. The van der Waals surface area contributed by atoms with Gasteiger partial charge >= 0.3 is 11.9 Å². The van der Waals surface area contributed by atoms with Gasteiger partial charge in [-0.2, -0.15) is 0 Å². The maximum atomic E-state index is 14.2. The second-order valence-electron chi connectivity index (χ2n) is 11.8. The molecule has 53 heavy (non-hydrogen) atoms. The maximum absolute atomic E-state index is 14.2. The molecular formula is C39H32Cl2F2N2O8. The molecule has 0 unspecified atom stereocenters. The second kappa shape index (κ2) is 17.0. The van der Waals surface area contributed by atoms with Gasteiger partial charge in [0.2, 0.25) is 0 Å². The van der Waals surface area contributed by atoms with Crippen LogP contribution < -0.4 is 11.1 Å². The Morgan fingerprint density at radius 1 is 0.660 bits per heavy atom. The average molecular weight is 766 g/mol. The number of hydrogen-bond donors (Lipinski definition) is 1. The number of carbonyl (C=O) groups excluding carboxylic acids is 1. The van der Waals surface area contributed by atoms with Crippen LogP contribution in [0.25, 0.3) is 11.0 Å². The Bertz CT molecular complexity index is 2480. The number of hydrogen-bond acceptors (Lipinski definition) is 7. The number of carboxylic acid groups (broad SMARTS) is 1. The van der Waals surface area contributed by atoms with E-state index in [1.54, 1.807) is 54.7 Å². The fourth-order valence-electron chi connectivity index (χ4n) is 5.80. The van der Waals surface area contributed by atoms with Crippen molar-refractivity contribution < 1.29 is 37.7 Å². The molecule has 4 heterocycles. The van der Waals surface area contributed by atoms with Crippen LogP contribution in [0.5, 0.6) is 0 Å². The van der Waals surface area contributed by atoms with E-state index in [0.717, 1.165) is 0 Å². The van der Waals surface area contributed by atoms with E-state index in [9.17, 15) is 33.1 Å². The summed E-state index contributed by atoms with van der Waals surface area (Å²) in [5.41, 5.74) is 2.92. The highest BCUT2D eigenvalue weighted by Gasteiger charge is 2.18. The minimum absolute atomic E-state index is 0.0241. The molecule has 0 spiro atoms. The molecule has 0 saturated carbocycles. The zero-order valence-electron chi connectivity index (χ0n) is 28.6. The number of aromatic nitrogens is 2. The summed E-state index contributed by atoms with van der Waals surface area (Å²) in [4.78, 5) is 48.5. The first kappa shape index (κ1) is 38.8. The number of fused-ring (bicyclic) bond motifs is 2. The van der Waals surface area contributed by atoms with E-state index in [1.165, 1.54) is 60.6 Å². The normalized spacial score (nSPS) is 11.0. The van der Waals surface area contributed by atoms with Crippen molar-refractivity contribution in [3.05, 3.63) is 172 Å². The number of rotatable bonds is 10. The summed E-state index contributed by atoms with van der Waals surface area (Å²) in [5, 5.41) is 9.34. The number of pyridine rings is 4. The van der Waals surface area contributed by atoms with Gasteiger partial charge in [-0.05, 0) is 58.7 Å². The Hall–Kier alpha value is -5.40. The first-order valence-electron chi connectivity index (χ1n) is 15.9. The number of esters is 1. The predicted molar refractivity (Wildman–Crippen MR) is 195 cm³/mol. The van der Waals surface area contributed by atoms with Crippen LogP contribution >= 0.6 is 23.2 Å². The molecule has 6 rings (SSSR count). The number of methoxy groups -OCH3 is 3. The Balaban J connectivity index is 0.000000204. The Morgan fingerprint density at radius 2 is 1.09 bits per heavy atom. The average Bonchev–Trinajstić information content (AvgIpc) is 3.14. The van der Waals surface area contributed by atoms with E-state index in [2.05, 4.69) is 0 Å². The quantitative estimate of drug-likeness (QED) is 0.146. The van der Waals surface area contributed by atoms with Crippen molar-refractivity contribution in [2.24, 2.45) is 0 Å². The smallest absolute Gasteiger partial charge is 0.343 e. The van der Waals surface area contributed by atoms with Gasteiger partial charge in [0.05, 0.1) is 41.4 Å². The van der Waals surface area contributed by atoms with Gasteiger partial charge in [0.1, 0.15) is 22.8 Å². The number of benzene rings is 2. The lowest BCUT2D eigenvalue weighted by atomic mass is 10.0. The highest BCUT2D eigenvalue weighted by atomic mass is 35.5. The van der Waals surface area contributed by atoms with Crippen molar-refractivity contribution in [2.45, 2.75) is 26.1 Å². The number of carbonyl (C=O) groups is 2. The molecule has 274 valence electrons. The molecule has 0 aliphatic heterocycles. The number of aromatic carboxylic acids is 1. The van der Waals surface area contributed by atoms with Crippen LogP contribution in [0.3, 0.4) is 0 Å². The van der Waals surface area contributed by atoms with Gasteiger partial charge < -0.3 is 19.3 Å². The zero-order valence-corrected chi connectivity index (χ0v) is 30.1. The zero-order chi connectivity index (χ0) is 38.4. The summed E-state index contributed by atoms with van der Waals surface area (Å²) in [5.74, 6) is -3.04. The third-order valence-electron chi connectivity index (χ3n) is 8.30. The Labute approximate surface area is 311 Å². The van der Waals surface area contributed by atoms with Gasteiger partial charge in [-0.25, -0.2) is 18.4 Å². The second-order valence-corrected chi connectivity index (χ2v) is 12.6. The highest BCUT2D eigenvalue weighted by Crippen LogP contribution is 2.23. The third-order valence-corrected chi connectivity index (χ3v) is 8.88. The van der Waals surface area contributed by atoms with E-state index in [1.807, 2.05) is 0 Å². The molecule has 0 radical (unpaired) electrons. The van der Waals surface area contributed by atoms with E-state index in [4.69, 9.17) is 37.4 Å². The molecule has 6 aromatic rings. The van der Waals surface area contributed by atoms with Crippen LogP contribution in [0, 0.1) is 11.6 Å². The first-order chi connectivity index (χ1) is 25.4. The molecule has 2 aromatic carbocycles. The molecular weight excluding hydrogens is 733 g/mol. The highest BCUT2D eigenvalue weighted by molar-refractivity contribution is 6.31. The molecule has 0 atom stereocenters. The number of carboxylic acids is 1. The van der Waals surface area contributed by atoms with Crippen LogP contribution in [0.15, 0.2) is 94.8 Å². The van der Waals surface area contributed by atoms with E-state index < -0.39 is 34.7 Å².